The van der Waals surface area contributed by atoms with E-state index in [0.717, 1.165) is 0 Å². The SMILES string of the molecule is COc1ccccc1-c1nc(CC(=O)Nc2ccccc2Cl)no1. The maximum absolute atomic E-state index is 12.1. The molecule has 3 aromatic rings. The number of hydrogen-bond donors (Lipinski definition) is 1. The molecule has 1 N–H and O–H groups in total. The van der Waals surface area contributed by atoms with Crippen molar-refractivity contribution in [1.29, 1.82) is 0 Å². The van der Waals surface area contributed by atoms with Crippen molar-refractivity contribution >= 4 is 23.2 Å². The lowest BCUT2D eigenvalue weighted by atomic mass is 10.2. The summed E-state index contributed by atoms with van der Waals surface area (Å²) in [4.78, 5) is 16.3. The number of nitrogens with one attached hydrogen (secondary N) is 1. The molecular formula is C17H14ClN3O3. The number of halogens is 1. The van der Waals surface area contributed by atoms with Crippen molar-refractivity contribution in [3.63, 3.8) is 0 Å². The Labute approximate surface area is 143 Å². The monoisotopic (exact) mass is 343 g/mol. The number of hydrogen-bond acceptors (Lipinski definition) is 5. The summed E-state index contributed by atoms with van der Waals surface area (Å²) in [6.07, 6.45) is -0.0239. The summed E-state index contributed by atoms with van der Waals surface area (Å²) in [5.41, 5.74) is 1.21. The quantitative estimate of drug-likeness (QED) is 0.766. The van der Waals surface area contributed by atoms with Crippen LogP contribution in [0.4, 0.5) is 5.69 Å². The Morgan fingerprint density at radius 1 is 1.21 bits per heavy atom. The van der Waals surface area contributed by atoms with Gasteiger partial charge in [0.25, 0.3) is 5.89 Å². The first-order valence-electron chi connectivity index (χ1n) is 7.17. The van der Waals surface area contributed by atoms with Crippen LogP contribution in [-0.4, -0.2) is 23.2 Å². The summed E-state index contributed by atoms with van der Waals surface area (Å²) in [6, 6.07) is 14.3. The average molecular weight is 344 g/mol. The zero-order valence-electron chi connectivity index (χ0n) is 12.8. The first kappa shape index (κ1) is 16.0. The van der Waals surface area contributed by atoms with Gasteiger partial charge in [0.15, 0.2) is 5.82 Å². The van der Waals surface area contributed by atoms with Crippen LogP contribution in [0.3, 0.4) is 0 Å². The number of benzene rings is 2. The summed E-state index contributed by atoms with van der Waals surface area (Å²) >= 11 is 6.01. The highest BCUT2D eigenvalue weighted by molar-refractivity contribution is 6.33. The third-order valence-electron chi connectivity index (χ3n) is 3.27. The van der Waals surface area contributed by atoms with Gasteiger partial charge in [-0.25, -0.2) is 0 Å². The Kier molecular flexibility index (Phi) is 4.77. The predicted molar refractivity (Wildman–Crippen MR) is 90.1 cm³/mol. The third-order valence-corrected chi connectivity index (χ3v) is 3.60. The van der Waals surface area contributed by atoms with Crippen molar-refractivity contribution in [1.82, 2.24) is 10.1 Å². The highest BCUT2D eigenvalue weighted by Gasteiger charge is 2.15. The molecule has 0 atom stereocenters. The molecule has 122 valence electrons. The smallest absolute Gasteiger partial charge is 0.261 e. The highest BCUT2D eigenvalue weighted by Crippen LogP contribution is 2.28. The van der Waals surface area contributed by atoms with Crippen LogP contribution in [0, 0.1) is 0 Å². The number of aromatic nitrogens is 2. The molecule has 2 aromatic carbocycles. The summed E-state index contributed by atoms with van der Waals surface area (Å²) in [5.74, 6) is 0.914. The Hall–Kier alpha value is -2.86. The molecular weight excluding hydrogens is 330 g/mol. The van der Waals surface area contributed by atoms with E-state index >= 15 is 0 Å². The molecule has 0 bridgehead atoms. The minimum Gasteiger partial charge on any atom is -0.496 e. The van der Waals surface area contributed by atoms with Crippen molar-refractivity contribution in [3.05, 3.63) is 59.4 Å². The van der Waals surface area contributed by atoms with Gasteiger partial charge >= 0.3 is 0 Å². The molecule has 1 heterocycles. The molecule has 7 heteroatoms. The van der Waals surface area contributed by atoms with Crippen LogP contribution in [0.2, 0.25) is 5.02 Å². The van der Waals surface area contributed by atoms with Crippen molar-refractivity contribution in [3.8, 4) is 17.2 Å². The molecule has 0 aliphatic carbocycles. The fraction of sp³-hybridized carbons (Fsp3) is 0.118. The van der Waals surface area contributed by atoms with E-state index in [1.54, 1.807) is 43.5 Å². The second kappa shape index (κ2) is 7.14. The van der Waals surface area contributed by atoms with E-state index in [4.69, 9.17) is 20.9 Å². The van der Waals surface area contributed by atoms with Gasteiger partial charge in [-0.3, -0.25) is 4.79 Å². The van der Waals surface area contributed by atoms with Crippen molar-refractivity contribution in [2.45, 2.75) is 6.42 Å². The van der Waals surface area contributed by atoms with Crippen LogP contribution in [-0.2, 0) is 11.2 Å². The van der Waals surface area contributed by atoms with E-state index in [2.05, 4.69) is 15.5 Å². The minimum absolute atomic E-state index is 0.0239. The number of carbonyl (C=O) groups excluding carboxylic acids is 1. The van der Waals surface area contributed by atoms with Gasteiger partial charge in [-0.1, -0.05) is 41.0 Å². The van der Waals surface area contributed by atoms with Crippen LogP contribution in [0.5, 0.6) is 5.75 Å². The van der Waals surface area contributed by atoms with Gasteiger partial charge in [0.05, 0.1) is 29.8 Å². The normalized spacial score (nSPS) is 10.4. The average Bonchev–Trinajstić information content (AvgIpc) is 3.05. The number of amides is 1. The number of anilines is 1. The molecule has 0 saturated heterocycles. The van der Waals surface area contributed by atoms with E-state index in [1.165, 1.54) is 0 Å². The van der Waals surface area contributed by atoms with Crippen LogP contribution in [0.1, 0.15) is 5.82 Å². The molecule has 24 heavy (non-hydrogen) atoms. The maximum Gasteiger partial charge on any atom is 0.261 e. The fourth-order valence-electron chi connectivity index (χ4n) is 2.16. The fourth-order valence-corrected chi connectivity index (χ4v) is 2.34. The summed E-state index contributed by atoms with van der Waals surface area (Å²) in [6.45, 7) is 0. The van der Waals surface area contributed by atoms with Crippen molar-refractivity contribution in [2.24, 2.45) is 0 Å². The van der Waals surface area contributed by atoms with Crippen LogP contribution >= 0.6 is 11.6 Å². The van der Waals surface area contributed by atoms with Gasteiger partial charge in [-0.15, -0.1) is 0 Å². The number of rotatable bonds is 5. The second-order valence-corrected chi connectivity index (χ2v) is 5.33. The zero-order valence-corrected chi connectivity index (χ0v) is 13.6. The number of nitrogens with zero attached hydrogens (tertiary/aromatic N) is 2. The molecule has 0 aliphatic heterocycles. The molecule has 0 aliphatic rings. The lowest BCUT2D eigenvalue weighted by molar-refractivity contribution is -0.115. The summed E-state index contributed by atoms with van der Waals surface area (Å²) < 4.78 is 10.5. The van der Waals surface area contributed by atoms with E-state index in [9.17, 15) is 4.79 Å². The van der Waals surface area contributed by atoms with Gasteiger partial charge < -0.3 is 14.6 Å². The van der Waals surface area contributed by atoms with E-state index in [-0.39, 0.29) is 18.2 Å². The lowest BCUT2D eigenvalue weighted by Crippen LogP contribution is -2.15. The van der Waals surface area contributed by atoms with E-state index in [1.807, 2.05) is 12.1 Å². The predicted octanol–water partition coefficient (Wildman–Crippen LogP) is 3.58. The van der Waals surface area contributed by atoms with Gasteiger partial charge in [0.2, 0.25) is 5.91 Å². The van der Waals surface area contributed by atoms with Crippen LogP contribution < -0.4 is 10.1 Å². The molecule has 0 radical (unpaired) electrons. The molecule has 6 nitrogen and oxygen atoms in total. The first-order valence-corrected chi connectivity index (χ1v) is 7.55. The van der Waals surface area contributed by atoms with Gasteiger partial charge in [0, 0.05) is 0 Å². The molecule has 1 aromatic heterocycles. The minimum atomic E-state index is -0.282. The Morgan fingerprint density at radius 3 is 2.75 bits per heavy atom. The molecule has 0 fully saturated rings. The zero-order chi connectivity index (χ0) is 16.9. The van der Waals surface area contributed by atoms with Gasteiger partial charge in [0.1, 0.15) is 5.75 Å². The van der Waals surface area contributed by atoms with Crippen LogP contribution in [0.25, 0.3) is 11.5 Å². The van der Waals surface area contributed by atoms with Gasteiger partial charge in [-0.05, 0) is 24.3 Å². The number of carbonyl (C=O) groups is 1. The largest absolute Gasteiger partial charge is 0.496 e. The van der Waals surface area contributed by atoms with E-state index < -0.39 is 0 Å². The van der Waals surface area contributed by atoms with Crippen molar-refractivity contribution < 1.29 is 14.1 Å². The Bertz CT molecular complexity index is 864. The highest BCUT2D eigenvalue weighted by atomic mass is 35.5. The molecule has 3 rings (SSSR count). The standard InChI is InChI=1S/C17H14ClN3O3/c1-23-14-9-5-2-6-11(14)17-20-15(21-24-17)10-16(22)19-13-8-4-3-7-12(13)18/h2-9H,10H2,1H3,(H,19,22). The number of ether oxygens (including phenoxy) is 1. The second-order valence-electron chi connectivity index (χ2n) is 4.92. The molecule has 0 saturated carbocycles. The molecule has 0 spiro atoms. The topological polar surface area (TPSA) is 77.2 Å². The molecule has 1 amide bonds. The maximum atomic E-state index is 12.1. The first-order chi connectivity index (χ1) is 11.7. The summed E-state index contributed by atoms with van der Waals surface area (Å²) in [7, 11) is 1.56. The number of para-hydroxylation sites is 2. The molecule has 0 unspecified atom stereocenters. The Morgan fingerprint density at radius 2 is 1.96 bits per heavy atom. The number of methoxy groups -OCH3 is 1. The Balaban J connectivity index is 1.72. The third kappa shape index (κ3) is 3.55. The summed E-state index contributed by atoms with van der Waals surface area (Å²) in [5, 5.41) is 7.02. The van der Waals surface area contributed by atoms with Gasteiger partial charge in [-0.2, -0.15) is 4.98 Å². The van der Waals surface area contributed by atoms with E-state index in [0.29, 0.717) is 27.9 Å². The van der Waals surface area contributed by atoms with Crippen molar-refractivity contribution in [2.75, 3.05) is 12.4 Å². The van der Waals surface area contributed by atoms with Crippen LogP contribution in [0.15, 0.2) is 53.1 Å². The lowest BCUT2D eigenvalue weighted by Gasteiger charge is -2.05.